The average molecular weight is 330 g/mol. The Kier molecular flexibility index (Phi) is 3.55. The van der Waals surface area contributed by atoms with E-state index in [-0.39, 0.29) is 7.53 Å². The van der Waals surface area contributed by atoms with Gasteiger partial charge in [-0.2, -0.15) is 0 Å². The Morgan fingerprint density at radius 2 is 1.33 bits per heavy atom. The second-order valence-electron chi connectivity index (χ2n) is 7.12. The molecule has 120 valence electrons. The second kappa shape index (κ2) is 5.50. The lowest BCUT2D eigenvalue weighted by atomic mass is 9.98. The molecule has 4 rings (SSSR count). The smallest absolute Gasteiger partial charge is 0.00995 e. The summed E-state index contributed by atoms with van der Waals surface area (Å²) in [6.45, 7) is 11.3. The molecule has 1 heterocycles. The molecular weight excluding hydrogens is 307 g/mol. The van der Waals surface area contributed by atoms with Crippen LogP contribution in [0.4, 0.5) is 0 Å². The molecule has 1 atom stereocenters. The van der Waals surface area contributed by atoms with Crippen LogP contribution in [-0.2, 0) is 6.66 Å². The molecule has 3 aromatic carbocycles. The maximum absolute atomic E-state index is 2.43. The van der Waals surface area contributed by atoms with Crippen molar-refractivity contribution in [1.29, 1.82) is 0 Å². The Labute approximate surface area is 145 Å². The number of hydrogen-bond acceptors (Lipinski definition) is 0. The van der Waals surface area contributed by atoms with Crippen molar-refractivity contribution in [3.63, 3.8) is 0 Å². The summed E-state index contributed by atoms with van der Waals surface area (Å²) in [5.41, 5.74) is 8.26. The molecule has 24 heavy (non-hydrogen) atoms. The van der Waals surface area contributed by atoms with Gasteiger partial charge in [0.05, 0.1) is 0 Å². The molecule has 0 aliphatic rings. The number of fused-ring (bicyclic) bond motifs is 3. The normalized spacial score (nSPS) is 12.3. The highest BCUT2D eigenvalue weighted by atomic mass is 31.1. The first-order valence-electron chi connectivity index (χ1n) is 8.53. The molecule has 0 saturated heterocycles. The van der Waals surface area contributed by atoms with Crippen molar-refractivity contribution >= 4 is 28.5 Å². The topological polar surface area (TPSA) is 0 Å². The fraction of sp³-hybridized carbons (Fsp3) is 0.217. The van der Waals surface area contributed by atoms with Crippen LogP contribution in [0.2, 0.25) is 0 Å². The van der Waals surface area contributed by atoms with E-state index in [2.05, 4.69) is 82.9 Å². The van der Waals surface area contributed by atoms with Crippen LogP contribution in [0, 0.1) is 27.7 Å². The summed E-state index contributed by atoms with van der Waals surface area (Å²) in [6, 6.07) is 18.5. The van der Waals surface area contributed by atoms with E-state index >= 15 is 0 Å². The standard InChI is InChI=1S/C23H23P/c1-14-9-15(2)12-18(11-14)19-7-6-8-20-21-13-16(3)10-17(4)22(21)24(5)23(19)20/h6-13H,1-5H3. The van der Waals surface area contributed by atoms with Gasteiger partial charge in [-0.05, 0) is 61.8 Å². The minimum absolute atomic E-state index is 0.294. The van der Waals surface area contributed by atoms with Gasteiger partial charge in [0.25, 0.3) is 0 Å². The highest BCUT2D eigenvalue weighted by Gasteiger charge is 2.15. The van der Waals surface area contributed by atoms with Gasteiger partial charge < -0.3 is 0 Å². The maximum Gasteiger partial charge on any atom is 0.00995 e. The fourth-order valence-corrected chi connectivity index (χ4v) is 6.69. The van der Waals surface area contributed by atoms with E-state index < -0.39 is 0 Å². The molecule has 0 fully saturated rings. The summed E-state index contributed by atoms with van der Waals surface area (Å²) in [7, 11) is -0.294. The molecule has 0 N–H and O–H groups in total. The molecule has 0 nitrogen and oxygen atoms in total. The summed E-state index contributed by atoms with van der Waals surface area (Å²) < 4.78 is 0. The third kappa shape index (κ3) is 2.29. The highest BCUT2D eigenvalue weighted by Crippen LogP contribution is 2.52. The van der Waals surface area contributed by atoms with Gasteiger partial charge in [-0.1, -0.05) is 65.2 Å². The van der Waals surface area contributed by atoms with Crippen LogP contribution in [0.5, 0.6) is 0 Å². The Morgan fingerprint density at radius 1 is 0.667 bits per heavy atom. The monoisotopic (exact) mass is 330 g/mol. The molecule has 0 aliphatic carbocycles. The van der Waals surface area contributed by atoms with Gasteiger partial charge in [0.15, 0.2) is 0 Å². The first-order chi connectivity index (χ1) is 11.5. The number of aryl methyl sites for hydroxylation is 5. The Balaban J connectivity index is 2.17. The van der Waals surface area contributed by atoms with E-state index in [4.69, 9.17) is 0 Å². The van der Waals surface area contributed by atoms with Crippen molar-refractivity contribution in [3.05, 3.63) is 70.8 Å². The first-order valence-corrected chi connectivity index (χ1v) is 10.3. The van der Waals surface area contributed by atoms with Gasteiger partial charge in [0, 0.05) is 10.2 Å². The van der Waals surface area contributed by atoms with Crippen molar-refractivity contribution in [3.8, 4) is 11.1 Å². The molecule has 0 bridgehead atoms. The van der Waals surface area contributed by atoms with Gasteiger partial charge in [0.2, 0.25) is 0 Å². The van der Waals surface area contributed by atoms with Crippen LogP contribution >= 0.6 is 7.53 Å². The van der Waals surface area contributed by atoms with Crippen LogP contribution in [0.25, 0.3) is 32.1 Å². The first kappa shape index (κ1) is 15.5. The van der Waals surface area contributed by atoms with Crippen molar-refractivity contribution < 1.29 is 0 Å². The lowest BCUT2D eigenvalue weighted by molar-refractivity contribution is 1.39. The van der Waals surface area contributed by atoms with Crippen LogP contribution in [-0.4, -0.2) is 0 Å². The SMILES string of the molecule is Cc1cc(C)cc(-c2cccc3c4cc(C)cc(C)c4p(C)c23)c1. The number of rotatable bonds is 1. The molecule has 0 saturated carbocycles. The Hall–Kier alpha value is -2.04. The van der Waals surface area contributed by atoms with E-state index in [1.807, 2.05) is 0 Å². The molecule has 0 amide bonds. The summed E-state index contributed by atoms with van der Waals surface area (Å²) in [4.78, 5) is 0. The maximum atomic E-state index is 2.43. The van der Waals surface area contributed by atoms with Crippen LogP contribution in [0.15, 0.2) is 48.5 Å². The molecule has 1 unspecified atom stereocenters. The number of benzene rings is 3. The van der Waals surface area contributed by atoms with Gasteiger partial charge in [-0.3, -0.25) is 0 Å². The molecular formula is C23H23P. The van der Waals surface area contributed by atoms with E-state index in [1.165, 1.54) is 44.2 Å². The summed E-state index contributed by atoms with van der Waals surface area (Å²) in [5.74, 6) is 0. The van der Waals surface area contributed by atoms with Crippen LogP contribution < -0.4 is 0 Å². The van der Waals surface area contributed by atoms with Gasteiger partial charge in [-0.25, -0.2) is 0 Å². The van der Waals surface area contributed by atoms with E-state index in [0.29, 0.717) is 0 Å². The lowest BCUT2D eigenvalue weighted by Gasteiger charge is -2.08. The molecule has 4 aromatic rings. The predicted molar refractivity (Wildman–Crippen MR) is 110 cm³/mol. The molecule has 0 radical (unpaired) electrons. The van der Waals surface area contributed by atoms with E-state index in [1.54, 1.807) is 10.2 Å². The van der Waals surface area contributed by atoms with Crippen molar-refractivity contribution in [2.24, 2.45) is 6.66 Å². The van der Waals surface area contributed by atoms with E-state index in [0.717, 1.165) is 0 Å². The Bertz CT molecular complexity index is 1080. The van der Waals surface area contributed by atoms with E-state index in [9.17, 15) is 0 Å². The molecule has 0 aliphatic heterocycles. The highest BCUT2D eigenvalue weighted by molar-refractivity contribution is 7.60. The second-order valence-corrected chi connectivity index (χ2v) is 9.13. The minimum Gasteiger partial charge on any atom is -0.111 e. The summed E-state index contributed by atoms with van der Waals surface area (Å²) in [6.07, 6.45) is 0. The zero-order valence-electron chi connectivity index (χ0n) is 15.1. The number of hydrogen-bond donors (Lipinski definition) is 0. The summed E-state index contributed by atoms with van der Waals surface area (Å²) >= 11 is 0. The third-order valence-electron chi connectivity index (χ3n) is 4.97. The quantitative estimate of drug-likeness (QED) is 0.341. The van der Waals surface area contributed by atoms with Crippen LogP contribution in [0.3, 0.4) is 0 Å². The van der Waals surface area contributed by atoms with Gasteiger partial charge >= 0.3 is 0 Å². The predicted octanol–water partition coefficient (Wildman–Crippen LogP) is 7.42. The molecule has 0 spiro atoms. The fourth-order valence-electron chi connectivity index (χ4n) is 4.21. The Morgan fingerprint density at radius 3 is 2.04 bits per heavy atom. The molecule has 1 heteroatoms. The van der Waals surface area contributed by atoms with Crippen molar-refractivity contribution in [1.82, 2.24) is 0 Å². The minimum atomic E-state index is -0.294. The van der Waals surface area contributed by atoms with Crippen molar-refractivity contribution in [2.45, 2.75) is 27.7 Å². The summed E-state index contributed by atoms with van der Waals surface area (Å²) in [5, 5.41) is 6.04. The average Bonchev–Trinajstić information content (AvgIpc) is 2.79. The van der Waals surface area contributed by atoms with Crippen molar-refractivity contribution in [2.75, 3.05) is 0 Å². The molecule has 1 aromatic heterocycles. The zero-order chi connectivity index (χ0) is 17.0. The lowest BCUT2D eigenvalue weighted by Crippen LogP contribution is -1.83. The largest absolute Gasteiger partial charge is 0.111 e. The third-order valence-corrected chi connectivity index (χ3v) is 7.39. The van der Waals surface area contributed by atoms with Gasteiger partial charge in [0.1, 0.15) is 0 Å². The zero-order valence-corrected chi connectivity index (χ0v) is 16.0. The van der Waals surface area contributed by atoms with Gasteiger partial charge in [-0.15, -0.1) is 7.53 Å². The van der Waals surface area contributed by atoms with Crippen LogP contribution in [0.1, 0.15) is 22.3 Å².